The molecule has 178 valence electrons. The van der Waals surface area contributed by atoms with Crippen LogP contribution in [0.3, 0.4) is 0 Å². The summed E-state index contributed by atoms with van der Waals surface area (Å²) in [6.45, 7) is 0. The number of para-hydroxylation sites is 1. The van der Waals surface area contributed by atoms with Crippen LogP contribution < -0.4 is 10.9 Å². The Morgan fingerprint density at radius 1 is 1.00 bits per heavy atom. The Kier molecular flexibility index (Phi) is 6.95. The molecule has 1 aromatic heterocycles. The highest BCUT2D eigenvalue weighted by molar-refractivity contribution is 7.99. The van der Waals surface area contributed by atoms with E-state index in [1.165, 1.54) is 39.9 Å². The lowest BCUT2D eigenvalue weighted by atomic mass is 10.1. The minimum absolute atomic E-state index is 0.00782. The summed E-state index contributed by atoms with van der Waals surface area (Å²) in [5.74, 6) is 0.121. The Morgan fingerprint density at radius 3 is 2.69 bits per heavy atom. The molecule has 0 bridgehead atoms. The SMILES string of the molecule is O=C(CCCCSc1nc2cccc(F)c2c(=O)n1-c1ccccc1)Nc1ccc2c(c1)CCC2. The first-order valence-electron chi connectivity index (χ1n) is 11.9. The van der Waals surface area contributed by atoms with E-state index in [-0.39, 0.29) is 11.3 Å². The number of hydrogen-bond donors (Lipinski definition) is 1. The third-order valence-electron chi connectivity index (χ3n) is 6.24. The zero-order valence-corrected chi connectivity index (χ0v) is 20.1. The van der Waals surface area contributed by atoms with E-state index in [4.69, 9.17) is 0 Å². The molecule has 0 unspecified atom stereocenters. The number of anilines is 1. The highest BCUT2D eigenvalue weighted by Gasteiger charge is 2.16. The van der Waals surface area contributed by atoms with Gasteiger partial charge in [0.05, 0.1) is 11.2 Å². The molecular weight excluding hydrogens is 461 g/mol. The molecule has 4 aromatic rings. The van der Waals surface area contributed by atoms with Gasteiger partial charge in [0.1, 0.15) is 11.2 Å². The van der Waals surface area contributed by atoms with Gasteiger partial charge in [-0.25, -0.2) is 9.37 Å². The van der Waals surface area contributed by atoms with Crippen LogP contribution in [-0.4, -0.2) is 21.2 Å². The van der Waals surface area contributed by atoms with Crippen LogP contribution in [-0.2, 0) is 17.6 Å². The molecule has 35 heavy (non-hydrogen) atoms. The van der Waals surface area contributed by atoms with Crippen molar-refractivity contribution >= 4 is 34.3 Å². The zero-order chi connectivity index (χ0) is 24.2. The third kappa shape index (κ3) is 5.15. The van der Waals surface area contributed by atoms with Crippen molar-refractivity contribution in [1.82, 2.24) is 9.55 Å². The van der Waals surface area contributed by atoms with Gasteiger partial charge in [-0.15, -0.1) is 0 Å². The summed E-state index contributed by atoms with van der Waals surface area (Å²) in [5.41, 5.74) is 4.16. The Bertz CT molecular complexity index is 1440. The molecule has 1 amide bonds. The second kappa shape index (κ2) is 10.4. The summed E-state index contributed by atoms with van der Waals surface area (Å²) in [6.07, 6.45) is 5.33. The number of aryl methyl sites for hydroxylation is 2. The maximum absolute atomic E-state index is 14.4. The molecule has 1 aliphatic carbocycles. The molecule has 1 heterocycles. The summed E-state index contributed by atoms with van der Waals surface area (Å²) in [7, 11) is 0. The monoisotopic (exact) mass is 487 g/mol. The highest BCUT2D eigenvalue weighted by Crippen LogP contribution is 2.26. The number of unbranched alkanes of at least 4 members (excludes halogenated alkanes) is 1. The molecule has 1 aliphatic rings. The number of hydrogen-bond acceptors (Lipinski definition) is 4. The van der Waals surface area contributed by atoms with Gasteiger partial charge >= 0.3 is 0 Å². The van der Waals surface area contributed by atoms with E-state index in [0.717, 1.165) is 31.4 Å². The zero-order valence-electron chi connectivity index (χ0n) is 19.3. The third-order valence-corrected chi connectivity index (χ3v) is 7.27. The topological polar surface area (TPSA) is 64.0 Å². The molecule has 0 atom stereocenters. The first-order valence-corrected chi connectivity index (χ1v) is 12.9. The molecule has 1 N–H and O–H groups in total. The standard InChI is InChI=1S/C28H26FN3O2S/c29-23-12-7-13-24-26(23)27(34)32(22-10-2-1-3-11-22)28(31-24)35-17-5-4-14-25(33)30-21-16-15-19-8-6-9-20(19)18-21/h1-3,7,10-13,15-16,18H,4-6,8-9,14,17H2,(H,30,33). The number of thioether (sulfide) groups is 1. The van der Waals surface area contributed by atoms with Crippen LogP contribution >= 0.6 is 11.8 Å². The van der Waals surface area contributed by atoms with Gasteiger partial charge in [0, 0.05) is 17.9 Å². The Labute approximate surface area is 207 Å². The first-order chi connectivity index (χ1) is 17.1. The summed E-state index contributed by atoms with van der Waals surface area (Å²) in [5, 5.41) is 3.51. The molecule has 0 radical (unpaired) electrons. The lowest BCUT2D eigenvalue weighted by Gasteiger charge is -2.13. The number of nitrogens with zero attached hydrogens (tertiary/aromatic N) is 2. The fourth-order valence-corrected chi connectivity index (χ4v) is 5.51. The fourth-order valence-electron chi connectivity index (χ4n) is 4.50. The van der Waals surface area contributed by atoms with E-state index in [1.54, 1.807) is 12.1 Å². The van der Waals surface area contributed by atoms with Gasteiger partial charge in [-0.05, 0) is 79.6 Å². The van der Waals surface area contributed by atoms with Gasteiger partial charge in [-0.2, -0.15) is 0 Å². The number of carbonyl (C=O) groups is 1. The van der Waals surface area contributed by atoms with Crippen molar-refractivity contribution in [3.63, 3.8) is 0 Å². The van der Waals surface area contributed by atoms with Crippen LogP contribution in [0.4, 0.5) is 10.1 Å². The van der Waals surface area contributed by atoms with Crippen molar-refractivity contribution in [3.8, 4) is 5.69 Å². The van der Waals surface area contributed by atoms with Gasteiger partial charge in [0.2, 0.25) is 5.91 Å². The van der Waals surface area contributed by atoms with Gasteiger partial charge in [0.15, 0.2) is 5.16 Å². The maximum atomic E-state index is 14.4. The van der Waals surface area contributed by atoms with Crippen LogP contribution in [0, 0.1) is 5.82 Å². The molecule has 5 rings (SSSR count). The first kappa shape index (κ1) is 23.3. The number of carbonyl (C=O) groups excluding carboxylic acids is 1. The molecule has 0 aliphatic heterocycles. The van der Waals surface area contributed by atoms with Crippen LogP contribution in [0.2, 0.25) is 0 Å². The van der Waals surface area contributed by atoms with Crippen LogP contribution in [0.1, 0.15) is 36.8 Å². The summed E-state index contributed by atoms with van der Waals surface area (Å²) in [6, 6.07) is 19.8. The number of benzene rings is 3. The predicted octanol–water partition coefficient (Wildman–Crippen LogP) is 5.91. The minimum atomic E-state index is -0.574. The molecule has 5 nitrogen and oxygen atoms in total. The number of halogens is 1. The van der Waals surface area contributed by atoms with Crippen molar-refractivity contribution < 1.29 is 9.18 Å². The second-order valence-corrected chi connectivity index (χ2v) is 9.76. The predicted molar refractivity (Wildman–Crippen MR) is 139 cm³/mol. The minimum Gasteiger partial charge on any atom is -0.326 e. The summed E-state index contributed by atoms with van der Waals surface area (Å²) in [4.78, 5) is 30.2. The Balaban J connectivity index is 1.23. The quantitative estimate of drug-likeness (QED) is 0.191. The molecule has 7 heteroatoms. The largest absolute Gasteiger partial charge is 0.326 e. The average Bonchev–Trinajstić information content (AvgIpc) is 3.32. The molecule has 0 saturated heterocycles. The molecular formula is C28H26FN3O2S. The number of rotatable bonds is 8. The average molecular weight is 488 g/mol. The van der Waals surface area contributed by atoms with E-state index in [9.17, 15) is 14.0 Å². The van der Waals surface area contributed by atoms with Crippen LogP contribution in [0.15, 0.2) is 76.7 Å². The van der Waals surface area contributed by atoms with Gasteiger partial charge in [0.25, 0.3) is 5.56 Å². The number of aromatic nitrogens is 2. The van der Waals surface area contributed by atoms with Crippen molar-refractivity contribution in [2.75, 3.05) is 11.1 Å². The van der Waals surface area contributed by atoms with E-state index in [1.807, 2.05) is 36.4 Å². The maximum Gasteiger partial charge on any atom is 0.269 e. The van der Waals surface area contributed by atoms with E-state index in [2.05, 4.69) is 22.4 Å². The summed E-state index contributed by atoms with van der Waals surface area (Å²) >= 11 is 1.44. The number of nitrogens with one attached hydrogen (secondary N) is 1. The van der Waals surface area contributed by atoms with Crippen LogP contribution in [0.5, 0.6) is 0 Å². The smallest absolute Gasteiger partial charge is 0.269 e. The Hall–Kier alpha value is -3.45. The number of amides is 1. The summed E-state index contributed by atoms with van der Waals surface area (Å²) < 4.78 is 15.9. The van der Waals surface area contributed by atoms with E-state index >= 15 is 0 Å². The normalized spacial score (nSPS) is 12.6. The lowest BCUT2D eigenvalue weighted by Crippen LogP contribution is -2.22. The van der Waals surface area contributed by atoms with Gasteiger partial charge in [-0.1, -0.05) is 42.1 Å². The van der Waals surface area contributed by atoms with Crippen molar-refractivity contribution in [3.05, 3.63) is 94.0 Å². The van der Waals surface area contributed by atoms with Crippen molar-refractivity contribution in [2.24, 2.45) is 0 Å². The van der Waals surface area contributed by atoms with Crippen LogP contribution in [0.25, 0.3) is 16.6 Å². The van der Waals surface area contributed by atoms with Crippen molar-refractivity contribution in [2.45, 2.75) is 43.7 Å². The highest BCUT2D eigenvalue weighted by atomic mass is 32.2. The second-order valence-electron chi connectivity index (χ2n) is 8.70. The lowest BCUT2D eigenvalue weighted by molar-refractivity contribution is -0.116. The number of fused-ring (bicyclic) bond motifs is 2. The molecule has 0 saturated carbocycles. The molecule has 0 spiro atoms. The van der Waals surface area contributed by atoms with Gasteiger partial charge in [-0.3, -0.25) is 14.2 Å². The van der Waals surface area contributed by atoms with Gasteiger partial charge < -0.3 is 5.32 Å². The fraction of sp³-hybridized carbons (Fsp3) is 0.250. The van der Waals surface area contributed by atoms with E-state index in [0.29, 0.717) is 28.5 Å². The molecule has 0 fully saturated rings. The van der Waals surface area contributed by atoms with Crippen molar-refractivity contribution in [1.29, 1.82) is 0 Å². The van der Waals surface area contributed by atoms with E-state index < -0.39 is 11.4 Å². The Morgan fingerprint density at radius 2 is 1.83 bits per heavy atom. The molecule has 3 aromatic carbocycles.